The summed E-state index contributed by atoms with van der Waals surface area (Å²) < 4.78 is 5.16. The van der Waals surface area contributed by atoms with E-state index in [2.05, 4.69) is 10.6 Å². The summed E-state index contributed by atoms with van der Waals surface area (Å²) in [5.41, 5.74) is 2.16. The number of carbonyl (C=O) groups is 3. The van der Waals surface area contributed by atoms with E-state index >= 15 is 0 Å². The maximum atomic E-state index is 12.1. The van der Waals surface area contributed by atoms with Crippen LogP contribution in [0.5, 0.6) is 5.75 Å². The van der Waals surface area contributed by atoms with Crippen molar-refractivity contribution in [2.45, 2.75) is 13.8 Å². The Bertz CT molecular complexity index is 799. The van der Waals surface area contributed by atoms with Crippen molar-refractivity contribution < 1.29 is 19.1 Å². The monoisotopic (exact) mass is 326 g/mol. The number of nitrogens with one attached hydrogen (secondary N) is 2. The van der Waals surface area contributed by atoms with Crippen molar-refractivity contribution in [3.05, 3.63) is 53.6 Å². The lowest BCUT2D eigenvalue weighted by Crippen LogP contribution is -2.29. The van der Waals surface area contributed by atoms with Crippen molar-refractivity contribution in [2.24, 2.45) is 0 Å². The van der Waals surface area contributed by atoms with Gasteiger partial charge in [0.1, 0.15) is 5.75 Å². The third-order valence-corrected chi connectivity index (χ3v) is 3.34. The molecule has 2 rings (SSSR count). The zero-order valence-electron chi connectivity index (χ0n) is 13.7. The summed E-state index contributed by atoms with van der Waals surface area (Å²) in [5.74, 6) is -1.33. The topological polar surface area (TPSA) is 84.5 Å². The van der Waals surface area contributed by atoms with Gasteiger partial charge in [-0.05, 0) is 43.7 Å². The van der Waals surface area contributed by atoms with Gasteiger partial charge in [-0.2, -0.15) is 0 Å². The van der Waals surface area contributed by atoms with Gasteiger partial charge in [0.15, 0.2) is 5.78 Å². The maximum absolute atomic E-state index is 12.1. The predicted molar refractivity (Wildman–Crippen MR) is 91.4 cm³/mol. The first-order chi connectivity index (χ1) is 11.4. The largest absolute Gasteiger partial charge is 0.495 e. The molecule has 0 saturated heterocycles. The Morgan fingerprint density at radius 2 is 1.67 bits per heavy atom. The fraction of sp³-hybridized carbons (Fsp3) is 0.167. The number of aryl methyl sites for hydroxylation is 1. The molecule has 2 N–H and O–H groups in total. The fourth-order valence-corrected chi connectivity index (χ4v) is 2.10. The molecule has 0 unspecified atom stereocenters. The molecule has 0 fully saturated rings. The smallest absolute Gasteiger partial charge is 0.314 e. The molecule has 24 heavy (non-hydrogen) atoms. The van der Waals surface area contributed by atoms with E-state index in [9.17, 15) is 14.4 Å². The second kappa shape index (κ2) is 7.41. The molecular weight excluding hydrogens is 308 g/mol. The highest BCUT2D eigenvalue weighted by Gasteiger charge is 2.16. The summed E-state index contributed by atoms with van der Waals surface area (Å²) >= 11 is 0. The number of anilines is 2. The third kappa shape index (κ3) is 4.19. The number of hydrogen-bond donors (Lipinski definition) is 2. The van der Waals surface area contributed by atoms with Crippen LogP contribution >= 0.6 is 0 Å². The van der Waals surface area contributed by atoms with Gasteiger partial charge in [0.2, 0.25) is 0 Å². The summed E-state index contributed by atoms with van der Waals surface area (Å²) in [7, 11) is 1.48. The lowest BCUT2D eigenvalue weighted by Gasteiger charge is -2.11. The van der Waals surface area contributed by atoms with Crippen LogP contribution in [0.25, 0.3) is 0 Å². The molecule has 124 valence electrons. The molecule has 0 bridgehead atoms. The van der Waals surface area contributed by atoms with E-state index in [4.69, 9.17) is 4.74 Å². The van der Waals surface area contributed by atoms with Gasteiger partial charge in [0.05, 0.1) is 12.8 Å². The van der Waals surface area contributed by atoms with Gasteiger partial charge in [0, 0.05) is 11.3 Å². The van der Waals surface area contributed by atoms with Crippen molar-refractivity contribution in [2.75, 3.05) is 17.7 Å². The van der Waals surface area contributed by atoms with Crippen LogP contribution in [0.4, 0.5) is 11.4 Å². The number of benzene rings is 2. The summed E-state index contributed by atoms with van der Waals surface area (Å²) in [5, 5.41) is 4.98. The van der Waals surface area contributed by atoms with Gasteiger partial charge in [-0.25, -0.2) is 0 Å². The zero-order valence-corrected chi connectivity index (χ0v) is 13.7. The summed E-state index contributed by atoms with van der Waals surface area (Å²) in [4.78, 5) is 35.5. The molecule has 2 aromatic rings. The van der Waals surface area contributed by atoms with Gasteiger partial charge >= 0.3 is 11.8 Å². The average Bonchev–Trinajstić information content (AvgIpc) is 2.55. The first-order valence-corrected chi connectivity index (χ1v) is 7.28. The van der Waals surface area contributed by atoms with E-state index < -0.39 is 11.8 Å². The number of rotatable bonds is 4. The summed E-state index contributed by atoms with van der Waals surface area (Å²) in [6.07, 6.45) is 0. The number of Topliss-reactive ketones (excluding diaryl/α,β-unsaturated/α-hetero) is 1. The minimum atomic E-state index is -0.834. The minimum Gasteiger partial charge on any atom is -0.495 e. The maximum Gasteiger partial charge on any atom is 0.314 e. The van der Waals surface area contributed by atoms with Gasteiger partial charge < -0.3 is 15.4 Å². The Kier molecular flexibility index (Phi) is 5.31. The molecule has 0 aliphatic carbocycles. The third-order valence-electron chi connectivity index (χ3n) is 3.34. The Morgan fingerprint density at radius 1 is 0.958 bits per heavy atom. The van der Waals surface area contributed by atoms with Crippen LogP contribution in [0.15, 0.2) is 42.5 Å². The van der Waals surface area contributed by atoms with Crippen LogP contribution in [-0.4, -0.2) is 24.7 Å². The Hall–Kier alpha value is -3.15. The van der Waals surface area contributed by atoms with E-state index in [-0.39, 0.29) is 5.78 Å². The minimum absolute atomic E-state index is 0.125. The average molecular weight is 326 g/mol. The van der Waals surface area contributed by atoms with E-state index in [1.165, 1.54) is 20.1 Å². The molecule has 2 amide bonds. The van der Waals surface area contributed by atoms with Crippen molar-refractivity contribution in [1.82, 2.24) is 0 Å². The quantitative estimate of drug-likeness (QED) is 0.668. The predicted octanol–water partition coefficient (Wildman–Crippen LogP) is 2.78. The second-order valence-corrected chi connectivity index (χ2v) is 5.25. The molecule has 0 saturated carbocycles. The van der Waals surface area contributed by atoms with Crippen LogP contribution < -0.4 is 15.4 Å². The molecule has 6 heteroatoms. The lowest BCUT2D eigenvalue weighted by molar-refractivity contribution is -0.133. The number of ketones is 1. The Morgan fingerprint density at radius 3 is 2.33 bits per heavy atom. The molecule has 0 heterocycles. The molecule has 0 aromatic heterocycles. The molecule has 0 radical (unpaired) electrons. The van der Waals surface area contributed by atoms with Gasteiger partial charge in [-0.15, -0.1) is 0 Å². The van der Waals surface area contributed by atoms with Gasteiger partial charge in [0.25, 0.3) is 0 Å². The summed E-state index contributed by atoms with van der Waals surface area (Å²) in [6.45, 7) is 3.29. The van der Waals surface area contributed by atoms with E-state index in [1.807, 2.05) is 13.0 Å². The molecule has 0 spiro atoms. The van der Waals surface area contributed by atoms with Crippen LogP contribution in [-0.2, 0) is 9.59 Å². The van der Waals surface area contributed by atoms with E-state index in [0.29, 0.717) is 22.7 Å². The van der Waals surface area contributed by atoms with E-state index in [0.717, 1.165) is 5.56 Å². The van der Waals surface area contributed by atoms with Crippen molar-refractivity contribution in [3.8, 4) is 5.75 Å². The molecular formula is C18H18N2O4. The molecule has 0 aliphatic heterocycles. The molecule has 2 aromatic carbocycles. The standard InChI is InChI=1S/C18H18N2O4/c1-11-7-8-16(24-3)15(9-11)20-18(23)17(22)19-14-6-4-5-13(10-14)12(2)21/h4-10H,1-3H3,(H,19,22)(H,20,23). The van der Waals surface area contributed by atoms with Crippen LogP contribution in [0, 0.1) is 6.92 Å². The van der Waals surface area contributed by atoms with Crippen LogP contribution in [0.1, 0.15) is 22.8 Å². The summed E-state index contributed by atoms with van der Waals surface area (Å²) in [6, 6.07) is 11.6. The number of amides is 2. The second-order valence-electron chi connectivity index (χ2n) is 5.25. The number of ether oxygens (including phenoxy) is 1. The van der Waals surface area contributed by atoms with Crippen molar-refractivity contribution >= 4 is 29.0 Å². The Balaban J connectivity index is 2.10. The normalized spacial score (nSPS) is 9.96. The van der Waals surface area contributed by atoms with Gasteiger partial charge in [-0.3, -0.25) is 14.4 Å². The number of methoxy groups -OCH3 is 1. The Labute approximate surface area is 139 Å². The van der Waals surface area contributed by atoms with E-state index in [1.54, 1.807) is 30.3 Å². The highest BCUT2D eigenvalue weighted by atomic mass is 16.5. The molecule has 0 atom stereocenters. The lowest BCUT2D eigenvalue weighted by atomic mass is 10.1. The first kappa shape index (κ1) is 17.2. The highest BCUT2D eigenvalue weighted by Crippen LogP contribution is 2.25. The molecule has 0 aliphatic rings. The number of carbonyl (C=O) groups excluding carboxylic acids is 3. The van der Waals surface area contributed by atoms with Crippen LogP contribution in [0.3, 0.4) is 0 Å². The molecule has 6 nitrogen and oxygen atoms in total. The van der Waals surface area contributed by atoms with Gasteiger partial charge in [-0.1, -0.05) is 18.2 Å². The van der Waals surface area contributed by atoms with Crippen LogP contribution in [0.2, 0.25) is 0 Å². The van der Waals surface area contributed by atoms with Crippen molar-refractivity contribution in [3.63, 3.8) is 0 Å². The SMILES string of the molecule is COc1ccc(C)cc1NC(=O)C(=O)Nc1cccc(C(C)=O)c1. The first-order valence-electron chi connectivity index (χ1n) is 7.28. The number of hydrogen-bond acceptors (Lipinski definition) is 4. The van der Waals surface area contributed by atoms with Crippen molar-refractivity contribution in [1.29, 1.82) is 0 Å². The zero-order chi connectivity index (χ0) is 17.7. The highest BCUT2D eigenvalue weighted by molar-refractivity contribution is 6.43. The fourth-order valence-electron chi connectivity index (χ4n) is 2.10.